The number of benzene rings is 2. The van der Waals surface area contributed by atoms with Crippen LogP contribution in [-0.4, -0.2) is 32.1 Å². The smallest absolute Gasteiger partial charge is 0.338 e. The maximum Gasteiger partial charge on any atom is 0.338 e. The first-order valence-corrected chi connectivity index (χ1v) is 9.86. The van der Waals surface area contributed by atoms with Crippen molar-refractivity contribution in [1.29, 1.82) is 0 Å². The van der Waals surface area contributed by atoms with Gasteiger partial charge in [-0.25, -0.2) is 17.9 Å². The number of sulfonamides is 1. The number of carbonyl (C=O) groups is 2. The first kappa shape index (κ1) is 20.9. The maximum atomic E-state index is 12.7. The van der Waals surface area contributed by atoms with Crippen LogP contribution in [0.2, 0.25) is 5.02 Å². The third-order valence-corrected chi connectivity index (χ3v) is 5.46. The number of carbonyl (C=O) groups excluding carboxylic acids is 1. The molecule has 1 atom stereocenters. The molecule has 2 aromatic carbocycles. The van der Waals surface area contributed by atoms with Crippen molar-refractivity contribution in [2.45, 2.75) is 24.3 Å². The summed E-state index contributed by atoms with van der Waals surface area (Å²) < 4.78 is 32.5. The van der Waals surface area contributed by atoms with Crippen LogP contribution < -0.4 is 4.72 Å². The van der Waals surface area contributed by atoms with Crippen LogP contribution in [0.3, 0.4) is 0 Å². The number of carboxylic acids is 1. The van der Waals surface area contributed by atoms with Gasteiger partial charge in [-0.05, 0) is 42.8 Å². The fourth-order valence-corrected chi connectivity index (χ4v) is 3.87. The summed E-state index contributed by atoms with van der Waals surface area (Å²) in [5, 5.41) is 9.38. The SMILES string of the molecule is CCOC(=O)c1ccc(S(=O)(=O)N[C@H](CC(=O)O)c2ccccc2Cl)cc1. The summed E-state index contributed by atoms with van der Waals surface area (Å²) in [4.78, 5) is 22.7. The van der Waals surface area contributed by atoms with Gasteiger partial charge in [0.15, 0.2) is 0 Å². The molecular formula is C18H18ClNO6S. The maximum absolute atomic E-state index is 12.7. The normalized spacial score (nSPS) is 12.4. The molecule has 0 bridgehead atoms. The van der Waals surface area contributed by atoms with E-state index < -0.39 is 34.4 Å². The van der Waals surface area contributed by atoms with Gasteiger partial charge in [-0.2, -0.15) is 0 Å². The third kappa shape index (κ3) is 5.53. The molecule has 0 aromatic heterocycles. The number of esters is 1. The van der Waals surface area contributed by atoms with Gasteiger partial charge in [0.1, 0.15) is 0 Å². The van der Waals surface area contributed by atoms with E-state index >= 15 is 0 Å². The minimum atomic E-state index is -4.05. The highest BCUT2D eigenvalue weighted by Gasteiger charge is 2.25. The molecule has 144 valence electrons. The Balaban J connectivity index is 2.29. The van der Waals surface area contributed by atoms with E-state index in [9.17, 15) is 18.0 Å². The van der Waals surface area contributed by atoms with E-state index in [4.69, 9.17) is 21.4 Å². The van der Waals surface area contributed by atoms with Crippen LogP contribution in [0.1, 0.15) is 35.3 Å². The van der Waals surface area contributed by atoms with Crippen molar-refractivity contribution >= 4 is 33.6 Å². The summed E-state index contributed by atoms with van der Waals surface area (Å²) in [5.74, 6) is -1.74. The lowest BCUT2D eigenvalue weighted by atomic mass is 10.1. The Morgan fingerprint density at radius 3 is 2.33 bits per heavy atom. The van der Waals surface area contributed by atoms with Gasteiger partial charge in [-0.1, -0.05) is 29.8 Å². The summed E-state index contributed by atoms with van der Waals surface area (Å²) in [5.41, 5.74) is 0.567. The number of ether oxygens (including phenoxy) is 1. The predicted octanol–water partition coefficient (Wildman–Crippen LogP) is 3.01. The zero-order valence-electron chi connectivity index (χ0n) is 14.4. The van der Waals surface area contributed by atoms with E-state index in [-0.39, 0.29) is 22.1 Å². The number of carboxylic acid groups (broad SMARTS) is 1. The van der Waals surface area contributed by atoms with Crippen LogP contribution in [0.25, 0.3) is 0 Å². The molecule has 0 heterocycles. The molecular weight excluding hydrogens is 394 g/mol. The fourth-order valence-electron chi connectivity index (χ4n) is 2.39. The predicted molar refractivity (Wildman–Crippen MR) is 99.2 cm³/mol. The van der Waals surface area contributed by atoms with Gasteiger partial charge in [0, 0.05) is 5.02 Å². The van der Waals surface area contributed by atoms with Gasteiger partial charge in [0.2, 0.25) is 10.0 Å². The monoisotopic (exact) mass is 411 g/mol. The second-order valence-electron chi connectivity index (χ2n) is 5.54. The van der Waals surface area contributed by atoms with E-state index in [2.05, 4.69) is 4.72 Å². The van der Waals surface area contributed by atoms with Crippen molar-refractivity contribution in [3.63, 3.8) is 0 Å². The quantitative estimate of drug-likeness (QED) is 0.646. The Hall–Kier alpha value is -2.42. The number of rotatable bonds is 8. The van der Waals surface area contributed by atoms with Crippen molar-refractivity contribution < 1.29 is 27.9 Å². The summed E-state index contributed by atoms with van der Waals surface area (Å²) in [7, 11) is -4.05. The van der Waals surface area contributed by atoms with Crippen molar-refractivity contribution in [1.82, 2.24) is 4.72 Å². The first-order chi connectivity index (χ1) is 12.7. The molecule has 0 radical (unpaired) electrons. The topological polar surface area (TPSA) is 110 Å². The molecule has 0 spiro atoms. The van der Waals surface area contributed by atoms with E-state index in [0.29, 0.717) is 5.56 Å². The van der Waals surface area contributed by atoms with Gasteiger partial charge in [0.05, 0.1) is 29.5 Å². The Morgan fingerprint density at radius 2 is 1.78 bits per heavy atom. The number of aliphatic carboxylic acids is 1. The molecule has 27 heavy (non-hydrogen) atoms. The van der Waals surface area contributed by atoms with Gasteiger partial charge in [0.25, 0.3) is 0 Å². The molecule has 0 aliphatic heterocycles. The molecule has 2 rings (SSSR count). The Labute approximate surface area is 162 Å². The Morgan fingerprint density at radius 1 is 1.15 bits per heavy atom. The van der Waals surface area contributed by atoms with Crippen LogP contribution >= 0.6 is 11.6 Å². The number of halogens is 1. The van der Waals surface area contributed by atoms with Crippen LogP contribution in [0.5, 0.6) is 0 Å². The summed E-state index contributed by atoms with van der Waals surface area (Å²) in [6, 6.07) is 10.5. The molecule has 0 amide bonds. The second kappa shape index (κ2) is 8.98. The summed E-state index contributed by atoms with van der Waals surface area (Å²) >= 11 is 6.08. The van der Waals surface area contributed by atoms with Crippen LogP contribution in [0.15, 0.2) is 53.4 Å². The second-order valence-corrected chi connectivity index (χ2v) is 7.66. The molecule has 2 aromatic rings. The molecule has 0 fully saturated rings. The first-order valence-electron chi connectivity index (χ1n) is 8.00. The fraction of sp³-hybridized carbons (Fsp3) is 0.222. The Bertz CT molecular complexity index is 927. The van der Waals surface area contributed by atoms with Crippen molar-refractivity contribution in [2.24, 2.45) is 0 Å². The summed E-state index contributed by atoms with van der Waals surface area (Å²) in [6.45, 7) is 1.87. The molecule has 0 saturated heterocycles. The highest BCUT2D eigenvalue weighted by atomic mass is 35.5. The number of hydrogen-bond donors (Lipinski definition) is 2. The van der Waals surface area contributed by atoms with E-state index in [1.54, 1.807) is 31.2 Å². The summed E-state index contributed by atoms with van der Waals surface area (Å²) in [6.07, 6.45) is -0.482. The van der Waals surface area contributed by atoms with Crippen molar-refractivity contribution in [3.05, 3.63) is 64.7 Å². The van der Waals surface area contributed by atoms with Crippen molar-refractivity contribution in [2.75, 3.05) is 6.61 Å². The largest absolute Gasteiger partial charge is 0.481 e. The van der Waals surface area contributed by atoms with E-state index in [1.165, 1.54) is 24.3 Å². The average molecular weight is 412 g/mol. The van der Waals surface area contributed by atoms with Gasteiger partial charge >= 0.3 is 11.9 Å². The molecule has 9 heteroatoms. The lowest BCUT2D eigenvalue weighted by molar-refractivity contribution is -0.137. The number of nitrogens with one attached hydrogen (secondary N) is 1. The minimum absolute atomic E-state index is 0.113. The Kier molecular flexibility index (Phi) is 6.95. The lowest BCUT2D eigenvalue weighted by Gasteiger charge is -2.19. The van der Waals surface area contributed by atoms with Crippen LogP contribution in [0.4, 0.5) is 0 Å². The standard InChI is InChI=1S/C18H18ClNO6S/c1-2-26-18(23)12-7-9-13(10-8-12)27(24,25)20-16(11-17(21)22)14-5-3-4-6-15(14)19/h3-10,16,20H,2,11H2,1H3,(H,21,22)/t16-/m1/s1. The average Bonchev–Trinajstić information content (AvgIpc) is 2.61. The molecule has 2 N–H and O–H groups in total. The zero-order valence-corrected chi connectivity index (χ0v) is 16.0. The van der Waals surface area contributed by atoms with Crippen LogP contribution in [-0.2, 0) is 19.6 Å². The van der Waals surface area contributed by atoms with Gasteiger partial charge in [-0.15, -0.1) is 0 Å². The van der Waals surface area contributed by atoms with Crippen molar-refractivity contribution in [3.8, 4) is 0 Å². The highest BCUT2D eigenvalue weighted by Crippen LogP contribution is 2.27. The molecule has 0 aliphatic rings. The van der Waals surface area contributed by atoms with Crippen LogP contribution in [0, 0.1) is 0 Å². The minimum Gasteiger partial charge on any atom is -0.481 e. The van der Waals surface area contributed by atoms with E-state index in [0.717, 1.165) is 0 Å². The number of hydrogen-bond acceptors (Lipinski definition) is 5. The molecule has 0 saturated carbocycles. The highest BCUT2D eigenvalue weighted by molar-refractivity contribution is 7.89. The lowest BCUT2D eigenvalue weighted by Crippen LogP contribution is -2.30. The molecule has 0 unspecified atom stereocenters. The third-order valence-electron chi connectivity index (χ3n) is 3.63. The van der Waals surface area contributed by atoms with Gasteiger partial charge < -0.3 is 9.84 Å². The van der Waals surface area contributed by atoms with E-state index in [1.807, 2.05) is 0 Å². The van der Waals surface area contributed by atoms with Gasteiger partial charge in [-0.3, -0.25) is 4.79 Å². The molecule has 7 nitrogen and oxygen atoms in total. The zero-order chi connectivity index (χ0) is 20.0. The molecule has 0 aliphatic carbocycles.